The lowest BCUT2D eigenvalue weighted by molar-refractivity contribution is -0.00842. The van der Waals surface area contributed by atoms with Gasteiger partial charge in [-0.05, 0) is 66.6 Å². The zero-order valence-corrected chi connectivity index (χ0v) is 28.8. The molecule has 0 spiro atoms. The second-order valence-electron chi connectivity index (χ2n) is 12.7. The average Bonchev–Trinajstić information content (AvgIpc) is 3.14. The van der Waals surface area contributed by atoms with Crippen molar-refractivity contribution in [1.82, 2.24) is 4.90 Å². The van der Waals surface area contributed by atoms with E-state index in [4.69, 9.17) is 28.4 Å². The molecule has 0 fully saturated rings. The highest BCUT2D eigenvalue weighted by molar-refractivity contribution is 6.59. The molecule has 0 saturated carbocycles. The molecule has 51 heavy (non-hydrogen) atoms. The van der Waals surface area contributed by atoms with E-state index in [-0.39, 0.29) is 0 Å². The van der Waals surface area contributed by atoms with Crippen LogP contribution in [-0.4, -0.2) is 88.1 Å². The molecule has 0 aromatic heterocycles. The van der Waals surface area contributed by atoms with Gasteiger partial charge in [-0.2, -0.15) is 0 Å². The van der Waals surface area contributed by atoms with Gasteiger partial charge in [-0.1, -0.05) is 84.9 Å². The van der Waals surface area contributed by atoms with Crippen molar-refractivity contribution in [3.8, 4) is 11.5 Å². The Morgan fingerprint density at radius 2 is 1.06 bits per heavy atom. The first-order valence-corrected chi connectivity index (χ1v) is 17.7. The Hall–Kier alpha value is -4.26. The standard InChI is InChI=1S/C41H44BNO8/c44-42(45)37-7-2-1-4-35(37)29-43(28-34-12-11-33-10-9-31-5-3-6-32-13-14-36(34)41(33)40(31)32)27-30-8-15-38-39(26-30)51-25-23-49-21-19-47-17-16-46-18-20-48-22-24-50-38/h1-15,26,44-45H,16-25,27-29H2. The van der Waals surface area contributed by atoms with Gasteiger partial charge in [0.1, 0.15) is 13.2 Å². The first-order chi connectivity index (χ1) is 25.1. The molecule has 7 rings (SSSR count). The van der Waals surface area contributed by atoms with Gasteiger partial charge in [0.05, 0.1) is 52.9 Å². The maximum Gasteiger partial charge on any atom is 0.488 e. The molecule has 10 heteroatoms. The zero-order chi connectivity index (χ0) is 34.8. The van der Waals surface area contributed by atoms with Crippen molar-refractivity contribution in [2.45, 2.75) is 19.6 Å². The summed E-state index contributed by atoms with van der Waals surface area (Å²) in [7, 11) is -1.57. The fraction of sp³-hybridized carbons (Fsp3) is 0.317. The van der Waals surface area contributed by atoms with Gasteiger partial charge in [-0.15, -0.1) is 0 Å². The topological polar surface area (TPSA) is 99.1 Å². The molecular formula is C41H44BNO8. The lowest BCUT2D eigenvalue weighted by Crippen LogP contribution is -2.35. The quantitative estimate of drug-likeness (QED) is 0.171. The first kappa shape index (κ1) is 35.2. The van der Waals surface area contributed by atoms with Crippen LogP contribution in [0.25, 0.3) is 32.3 Å². The molecule has 0 bridgehead atoms. The second-order valence-corrected chi connectivity index (χ2v) is 12.7. The first-order valence-electron chi connectivity index (χ1n) is 17.7. The van der Waals surface area contributed by atoms with Crippen LogP contribution >= 0.6 is 0 Å². The van der Waals surface area contributed by atoms with Crippen LogP contribution in [0.4, 0.5) is 0 Å². The highest BCUT2D eigenvalue weighted by Crippen LogP contribution is 2.37. The molecule has 1 aliphatic rings. The van der Waals surface area contributed by atoms with Gasteiger partial charge in [-0.25, -0.2) is 0 Å². The Bertz CT molecular complexity index is 2000. The Labute approximate surface area is 298 Å². The molecule has 1 heterocycles. The highest BCUT2D eigenvalue weighted by atomic mass is 16.6. The minimum Gasteiger partial charge on any atom is -0.487 e. The summed E-state index contributed by atoms with van der Waals surface area (Å²) in [6.45, 7) is 6.24. The monoisotopic (exact) mass is 689 g/mol. The largest absolute Gasteiger partial charge is 0.488 e. The number of nitrogens with zero attached hydrogens (tertiary/aromatic N) is 1. The van der Waals surface area contributed by atoms with E-state index in [1.54, 1.807) is 6.07 Å². The average molecular weight is 690 g/mol. The third-order valence-corrected chi connectivity index (χ3v) is 9.24. The van der Waals surface area contributed by atoms with Gasteiger partial charge in [0, 0.05) is 19.6 Å². The molecule has 0 unspecified atom stereocenters. The van der Waals surface area contributed by atoms with Crippen molar-refractivity contribution >= 4 is 44.9 Å². The molecule has 0 aliphatic carbocycles. The maximum atomic E-state index is 10.2. The predicted octanol–water partition coefficient (Wildman–Crippen LogP) is 5.30. The van der Waals surface area contributed by atoms with E-state index >= 15 is 0 Å². The van der Waals surface area contributed by atoms with Crippen LogP contribution in [0.5, 0.6) is 11.5 Å². The van der Waals surface area contributed by atoms with Crippen molar-refractivity contribution in [2.24, 2.45) is 0 Å². The number of hydrogen-bond acceptors (Lipinski definition) is 9. The normalized spacial score (nSPS) is 15.7. The van der Waals surface area contributed by atoms with Gasteiger partial charge < -0.3 is 38.5 Å². The van der Waals surface area contributed by atoms with Gasteiger partial charge >= 0.3 is 7.12 Å². The van der Waals surface area contributed by atoms with Crippen LogP contribution in [0.3, 0.4) is 0 Å². The third-order valence-electron chi connectivity index (χ3n) is 9.24. The lowest BCUT2D eigenvalue weighted by Gasteiger charge is -2.26. The molecule has 2 N–H and O–H groups in total. The number of rotatable bonds is 7. The van der Waals surface area contributed by atoms with E-state index in [1.807, 2.05) is 30.3 Å². The summed E-state index contributed by atoms with van der Waals surface area (Å²) in [5.41, 5.74) is 3.58. The van der Waals surface area contributed by atoms with Gasteiger partial charge in [0.25, 0.3) is 0 Å². The molecule has 0 saturated heterocycles. The molecule has 0 radical (unpaired) electrons. The molecule has 0 atom stereocenters. The van der Waals surface area contributed by atoms with E-state index in [0.717, 1.165) is 11.1 Å². The number of benzene rings is 6. The third kappa shape index (κ3) is 8.80. The Kier molecular flexibility index (Phi) is 11.9. The van der Waals surface area contributed by atoms with Crippen molar-refractivity contribution < 1.29 is 38.5 Å². The van der Waals surface area contributed by atoms with Crippen molar-refractivity contribution in [2.75, 3.05) is 66.1 Å². The summed E-state index contributed by atoms with van der Waals surface area (Å²) in [5, 5.41) is 27.9. The number of hydrogen-bond donors (Lipinski definition) is 2. The second kappa shape index (κ2) is 17.3. The summed E-state index contributed by atoms with van der Waals surface area (Å²) in [4.78, 5) is 2.33. The molecular weight excluding hydrogens is 645 g/mol. The van der Waals surface area contributed by atoms with Crippen LogP contribution in [-0.2, 0) is 38.6 Å². The van der Waals surface area contributed by atoms with E-state index in [2.05, 4.69) is 65.6 Å². The van der Waals surface area contributed by atoms with Crippen LogP contribution in [0, 0.1) is 0 Å². The van der Waals surface area contributed by atoms with Crippen molar-refractivity contribution in [3.63, 3.8) is 0 Å². The summed E-state index contributed by atoms with van der Waals surface area (Å²) in [5.74, 6) is 1.26. The van der Waals surface area contributed by atoms with E-state index in [1.165, 1.54) is 37.9 Å². The molecule has 264 valence electrons. The number of fused-ring (bicyclic) bond motifs is 1. The van der Waals surface area contributed by atoms with Gasteiger partial charge in [0.15, 0.2) is 11.5 Å². The Morgan fingerprint density at radius 3 is 1.75 bits per heavy atom. The van der Waals surface area contributed by atoms with Crippen molar-refractivity contribution in [1.29, 1.82) is 0 Å². The summed E-state index contributed by atoms with van der Waals surface area (Å²) in [6.07, 6.45) is 0. The van der Waals surface area contributed by atoms with Crippen LogP contribution < -0.4 is 14.9 Å². The van der Waals surface area contributed by atoms with Crippen LogP contribution in [0.15, 0.2) is 97.1 Å². The van der Waals surface area contributed by atoms with E-state index < -0.39 is 7.12 Å². The SMILES string of the molecule is OB(O)c1ccccc1CN(Cc1ccc2c(c1)OCCOCCOCCOCCOCCO2)Cc1ccc2ccc3cccc4ccc1c2c34. The molecule has 6 aromatic rings. The van der Waals surface area contributed by atoms with Gasteiger partial charge in [0.2, 0.25) is 0 Å². The Morgan fingerprint density at radius 1 is 0.490 bits per heavy atom. The molecule has 6 aromatic carbocycles. The summed E-state index contributed by atoms with van der Waals surface area (Å²) >= 11 is 0. The maximum absolute atomic E-state index is 10.2. The zero-order valence-electron chi connectivity index (χ0n) is 28.8. The van der Waals surface area contributed by atoms with Gasteiger partial charge in [-0.3, -0.25) is 4.90 Å². The Balaban J connectivity index is 1.17. The summed E-state index contributed by atoms with van der Waals surface area (Å²) < 4.78 is 34.9. The van der Waals surface area contributed by atoms with Crippen molar-refractivity contribution in [3.05, 3.63) is 114 Å². The summed E-state index contributed by atoms with van der Waals surface area (Å²) in [6, 6.07) is 33.2. The molecule has 0 amide bonds. The lowest BCUT2D eigenvalue weighted by atomic mass is 9.77. The minimum absolute atomic E-state index is 0.355. The fourth-order valence-corrected chi connectivity index (χ4v) is 6.84. The number of ether oxygens (including phenoxy) is 6. The smallest absolute Gasteiger partial charge is 0.487 e. The molecule has 1 aliphatic heterocycles. The van der Waals surface area contributed by atoms with E-state index in [0.29, 0.717) is 103 Å². The van der Waals surface area contributed by atoms with E-state index in [9.17, 15) is 10.0 Å². The van der Waals surface area contributed by atoms with Crippen LogP contribution in [0.1, 0.15) is 16.7 Å². The van der Waals surface area contributed by atoms with Crippen LogP contribution in [0.2, 0.25) is 0 Å². The predicted molar refractivity (Wildman–Crippen MR) is 200 cm³/mol. The molecule has 9 nitrogen and oxygen atoms in total. The highest BCUT2D eigenvalue weighted by Gasteiger charge is 2.20. The minimum atomic E-state index is -1.57. The fourth-order valence-electron chi connectivity index (χ4n) is 6.84.